The number of benzene rings is 1. The minimum Gasteiger partial charge on any atom is -0.397 e. The summed E-state index contributed by atoms with van der Waals surface area (Å²) in [5.41, 5.74) is 6.17. The van der Waals surface area contributed by atoms with Crippen molar-refractivity contribution in [2.75, 3.05) is 11.1 Å². The maximum Gasteiger partial charge on any atom is 0.226 e. The molecule has 19 heavy (non-hydrogen) atoms. The van der Waals surface area contributed by atoms with Gasteiger partial charge in [-0.2, -0.15) is 5.10 Å². The highest BCUT2D eigenvalue weighted by Crippen LogP contribution is 2.19. The van der Waals surface area contributed by atoms with Gasteiger partial charge in [-0.05, 0) is 18.2 Å². The number of amides is 1. The van der Waals surface area contributed by atoms with Crippen LogP contribution in [0.1, 0.15) is 6.42 Å². The van der Waals surface area contributed by atoms with Crippen molar-refractivity contribution in [3.8, 4) is 0 Å². The Balaban J connectivity index is 1.90. The van der Waals surface area contributed by atoms with Gasteiger partial charge < -0.3 is 11.1 Å². The summed E-state index contributed by atoms with van der Waals surface area (Å²) in [5.74, 6) is -0.674. The third kappa shape index (κ3) is 3.69. The predicted octanol–water partition coefficient (Wildman–Crippen LogP) is 2.29. The topological polar surface area (TPSA) is 72.9 Å². The summed E-state index contributed by atoms with van der Waals surface area (Å²) in [6, 6.07) is 3.81. The van der Waals surface area contributed by atoms with Crippen molar-refractivity contribution in [1.82, 2.24) is 9.78 Å². The quantitative estimate of drug-likeness (QED) is 0.845. The van der Waals surface area contributed by atoms with E-state index in [4.69, 9.17) is 17.3 Å². The third-order valence-corrected chi connectivity index (χ3v) is 2.65. The van der Waals surface area contributed by atoms with Crippen LogP contribution < -0.4 is 11.1 Å². The lowest BCUT2D eigenvalue weighted by Gasteiger charge is -2.08. The molecule has 7 heteroatoms. The number of carbonyl (C=O) groups is 1. The van der Waals surface area contributed by atoms with Crippen LogP contribution in [0.25, 0.3) is 0 Å². The maximum absolute atomic E-state index is 12.8. The molecule has 0 aliphatic heterocycles. The molecule has 0 bridgehead atoms. The van der Waals surface area contributed by atoms with Crippen molar-refractivity contribution in [3.63, 3.8) is 0 Å². The van der Waals surface area contributed by atoms with Gasteiger partial charge >= 0.3 is 0 Å². The summed E-state index contributed by atoms with van der Waals surface area (Å²) in [5, 5.41) is 7.08. The van der Waals surface area contributed by atoms with Gasteiger partial charge in [0.15, 0.2) is 0 Å². The molecular formula is C12H12ClFN4O. The first-order chi connectivity index (χ1) is 9.04. The Kier molecular flexibility index (Phi) is 4.01. The van der Waals surface area contributed by atoms with Crippen molar-refractivity contribution in [2.45, 2.75) is 13.0 Å². The monoisotopic (exact) mass is 282 g/mol. The SMILES string of the molecule is Nc1cc(F)ccc1NC(=O)CCn1cc(Cl)cn1. The zero-order valence-electron chi connectivity index (χ0n) is 9.94. The van der Waals surface area contributed by atoms with E-state index in [0.29, 0.717) is 17.3 Å². The average Bonchev–Trinajstić information content (AvgIpc) is 2.76. The van der Waals surface area contributed by atoms with E-state index in [1.165, 1.54) is 18.3 Å². The molecule has 1 aromatic heterocycles. The molecule has 0 spiro atoms. The van der Waals surface area contributed by atoms with Crippen LogP contribution in [-0.4, -0.2) is 15.7 Å². The van der Waals surface area contributed by atoms with Gasteiger partial charge in [-0.3, -0.25) is 9.48 Å². The molecule has 1 amide bonds. The molecule has 0 aliphatic rings. The van der Waals surface area contributed by atoms with Gasteiger partial charge in [0.05, 0.1) is 22.6 Å². The zero-order chi connectivity index (χ0) is 13.8. The molecule has 0 atom stereocenters. The van der Waals surface area contributed by atoms with Gasteiger partial charge in [0.1, 0.15) is 5.82 Å². The molecule has 0 aliphatic carbocycles. The summed E-state index contributed by atoms with van der Waals surface area (Å²) >= 11 is 5.71. The number of rotatable bonds is 4. The molecule has 2 aromatic rings. The number of hydrogen-bond acceptors (Lipinski definition) is 3. The number of nitrogens with zero attached hydrogens (tertiary/aromatic N) is 2. The number of halogens is 2. The molecular weight excluding hydrogens is 271 g/mol. The van der Waals surface area contributed by atoms with Crippen LogP contribution in [0.5, 0.6) is 0 Å². The summed E-state index contributed by atoms with van der Waals surface area (Å²) in [4.78, 5) is 11.7. The highest BCUT2D eigenvalue weighted by Gasteiger charge is 2.07. The van der Waals surface area contributed by atoms with Crippen LogP contribution in [0.4, 0.5) is 15.8 Å². The van der Waals surface area contributed by atoms with Crippen LogP contribution in [0.3, 0.4) is 0 Å². The van der Waals surface area contributed by atoms with Crippen LogP contribution in [-0.2, 0) is 11.3 Å². The number of nitrogens with one attached hydrogen (secondary N) is 1. The minimum atomic E-state index is -0.443. The molecule has 0 unspecified atom stereocenters. The number of carbonyl (C=O) groups excluding carboxylic acids is 1. The van der Waals surface area contributed by atoms with Gasteiger partial charge in [0.2, 0.25) is 5.91 Å². The second kappa shape index (κ2) is 5.71. The molecule has 100 valence electrons. The van der Waals surface area contributed by atoms with Gasteiger partial charge in [0, 0.05) is 19.2 Å². The number of aryl methyl sites for hydroxylation is 1. The van der Waals surface area contributed by atoms with Crippen molar-refractivity contribution in [3.05, 3.63) is 41.4 Å². The zero-order valence-corrected chi connectivity index (χ0v) is 10.7. The normalized spacial score (nSPS) is 10.4. The molecule has 1 aromatic carbocycles. The van der Waals surface area contributed by atoms with Crippen molar-refractivity contribution in [2.24, 2.45) is 0 Å². The molecule has 0 fully saturated rings. The second-order valence-corrected chi connectivity index (χ2v) is 4.39. The average molecular weight is 283 g/mol. The van der Waals surface area contributed by atoms with E-state index >= 15 is 0 Å². The molecule has 0 radical (unpaired) electrons. The largest absolute Gasteiger partial charge is 0.397 e. The fourth-order valence-corrected chi connectivity index (χ4v) is 1.69. The third-order valence-electron chi connectivity index (χ3n) is 2.46. The Morgan fingerprint density at radius 1 is 1.53 bits per heavy atom. The lowest BCUT2D eigenvalue weighted by atomic mass is 10.2. The number of aromatic nitrogens is 2. The van der Waals surface area contributed by atoms with Gasteiger partial charge in [-0.1, -0.05) is 11.6 Å². The van der Waals surface area contributed by atoms with E-state index < -0.39 is 5.82 Å². The highest BCUT2D eigenvalue weighted by atomic mass is 35.5. The van der Waals surface area contributed by atoms with Gasteiger partial charge in [-0.25, -0.2) is 4.39 Å². The van der Waals surface area contributed by atoms with E-state index in [-0.39, 0.29) is 18.0 Å². The number of anilines is 2. The maximum atomic E-state index is 12.8. The standard InChI is InChI=1S/C12H12ClFN4O/c13-8-6-16-18(7-8)4-3-12(19)17-11-2-1-9(14)5-10(11)15/h1-2,5-7H,3-4,15H2,(H,17,19). The summed E-state index contributed by atoms with van der Waals surface area (Å²) < 4.78 is 14.4. The fraction of sp³-hybridized carbons (Fsp3) is 0.167. The second-order valence-electron chi connectivity index (χ2n) is 3.95. The smallest absolute Gasteiger partial charge is 0.226 e. The Labute approximate surface area is 114 Å². The lowest BCUT2D eigenvalue weighted by Crippen LogP contribution is -2.15. The van der Waals surface area contributed by atoms with Gasteiger partial charge in [-0.15, -0.1) is 0 Å². The number of nitrogens with two attached hydrogens (primary N) is 1. The predicted molar refractivity (Wildman–Crippen MR) is 71.3 cm³/mol. The lowest BCUT2D eigenvalue weighted by molar-refractivity contribution is -0.116. The van der Waals surface area contributed by atoms with Gasteiger partial charge in [0.25, 0.3) is 0 Å². The van der Waals surface area contributed by atoms with E-state index in [0.717, 1.165) is 6.07 Å². The number of nitrogen functional groups attached to an aromatic ring is 1. The molecule has 1 heterocycles. The number of hydrogen-bond donors (Lipinski definition) is 2. The Morgan fingerprint density at radius 2 is 2.32 bits per heavy atom. The fourth-order valence-electron chi connectivity index (χ4n) is 1.54. The molecule has 0 saturated carbocycles. The molecule has 5 nitrogen and oxygen atoms in total. The first-order valence-corrected chi connectivity index (χ1v) is 5.95. The first-order valence-electron chi connectivity index (χ1n) is 5.57. The first kappa shape index (κ1) is 13.4. The van der Waals surface area contributed by atoms with E-state index in [1.807, 2.05) is 0 Å². The minimum absolute atomic E-state index is 0.190. The van der Waals surface area contributed by atoms with Crippen LogP contribution in [0.2, 0.25) is 5.02 Å². The van der Waals surface area contributed by atoms with Crippen LogP contribution >= 0.6 is 11.6 Å². The summed E-state index contributed by atoms with van der Waals surface area (Å²) in [6.07, 6.45) is 3.34. The molecule has 3 N–H and O–H groups in total. The van der Waals surface area contributed by atoms with E-state index in [1.54, 1.807) is 10.9 Å². The molecule has 0 saturated heterocycles. The van der Waals surface area contributed by atoms with Crippen LogP contribution in [0.15, 0.2) is 30.6 Å². The van der Waals surface area contributed by atoms with E-state index in [9.17, 15) is 9.18 Å². The Bertz CT molecular complexity index is 599. The highest BCUT2D eigenvalue weighted by molar-refractivity contribution is 6.30. The molecule has 2 rings (SSSR count). The van der Waals surface area contributed by atoms with E-state index in [2.05, 4.69) is 10.4 Å². The van der Waals surface area contributed by atoms with Crippen molar-refractivity contribution in [1.29, 1.82) is 0 Å². The Morgan fingerprint density at radius 3 is 2.95 bits per heavy atom. The summed E-state index contributed by atoms with van der Waals surface area (Å²) in [6.45, 7) is 0.402. The van der Waals surface area contributed by atoms with Crippen LogP contribution in [0, 0.1) is 5.82 Å². The van der Waals surface area contributed by atoms with Crippen molar-refractivity contribution < 1.29 is 9.18 Å². The van der Waals surface area contributed by atoms with Crippen molar-refractivity contribution >= 4 is 28.9 Å². The Hall–Kier alpha value is -2.08. The summed E-state index contributed by atoms with van der Waals surface area (Å²) in [7, 11) is 0.